The van der Waals surface area contributed by atoms with E-state index in [1.165, 1.54) is 28.9 Å². The van der Waals surface area contributed by atoms with Crippen LogP contribution in [0.2, 0.25) is 5.02 Å². The highest BCUT2D eigenvalue weighted by atomic mass is 35.5. The molecule has 2 fully saturated rings. The number of ether oxygens (including phenoxy) is 2. The van der Waals surface area contributed by atoms with Gasteiger partial charge in [0, 0.05) is 36.4 Å². The summed E-state index contributed by atoms with van der Waals surface area (Å²) in [7, 11) is 0. The van der Waals surface area contributed by atoms with Gasteiger partial charge in [-0.25, -0.2) is 4.68 Å². The minimum atomic E-state index is -4.84. The maximum Gasteiger partial charge on any atom is 0.429 e. The zero-order chi connectivity index (χ0) is 31.8. The fraction of sp³-hybridized carbons (Fsp3) is 0.355. The second-order valence-corrected chi connectivity index (χ2v) is 11.8. The van der Waals surface area contributed by atoms with Crippen LogP contribution in [0.3, 0.4) is 0 Å². The van der Waals surface area contributed by atoms with Crippen molar-refractivity contribution in [3.63, 3.8) is 0 Å². The van der Waals surface area contributed by atoms with Gasteiger partial charge in [-0.15, -0.1) is 0 Å². The summed E-state index contributed by atoms with van der Waals surface area (Å²) >= 11 is 6.19. The number of benzene rings is 2. The number of aliphatic carboxylic acids is 1. The predicted molar refractivity (Wildman–Crippen MR) is 159 cm³/mol. The third-order valence-corrected chi connectivity index (χ3v) is 8.41. The molecular formula is C31H30ClF3N6O4. The van der Waals surface area contributed by atoms with Crippen molar-refractivity contribution in [2.75, 3.05) is 24.5 Å². The van der Waals surface area contributed by atoms with Crippen LogP contribution in [-0.2, 0) is 4.79 Å². The zero-order valence-electron chi connectivity index (χ0n) is 24.2. The molecule has 2 aromatic carbocycles. The Kier molecular flexibility index (Phi) is 8.31. The van der Waals surface area contributed by atoms with Crippen LogP contribution < -0.4 is 19.7 Å². The predicted octanol–water partition coefficient (Wildman–Crippen LogP) is 6.13. The number of aromatic nitrogens is 4. The summed E-state index contributed by atoms with van der Waals surface area (Å²) in [4.78, 5) is 22.3. The molecule has 0 aliphatic carbocycles. The van der Waals surface area contributed by atoms with Gasteiger partial charge in [-0.05, 0) is 61.9 Å². The number of anilines is 1. The summed E-state index contributed by atoms with van der Waals surface area (Å²) in [5.41, 5.74) is 0.332. The van der Waals surface area contributed by atoms with Crippen molar-refractivity contribution in [3.8, 4) is 23.2 Å². The van der Waals surface area contributed by atoms with Crippen LogP contribution in [0.15, 0.2) is 66.9 Å². The minimum Gasteiger partial charge on any atom is -0.480 e. The Morgan fingerprint density at radius 2 is 1.82 bits per heavy atom. The van der Waals surface area contributed by atoms with E-state index < -0.39 is 24.3 Å². The molecule has 1 unspecified atom stereocenters. The van der Waals surface area contributed by atoms with Crippen molar-refractivity contribution >= 4 is 23.5 Å². The van der Waals surface area contributed by atoms with Gasteiger partial charge in [0.15, 0.2) is 0 Å². The largest absolute Gasteiger partial charge is 0.480 e. The second-order valence-electron chi connectivity index (χ2n) is 11.4. The number of hydrogen-bond donors (Lipinski definition) is 2. The van der Waals surface area contributed by atoms with Crippen molar-refractivity contribution in [2.24, 2.45) is 5.41 Å². The number of aryl methyl sites for hydroxylation is 1. The van der Waals surface area contributed by atoms with Crippen LogP contribution in [0.4, 0.5) is 19.1 Å². The molecule has 2 aliphatic rings. The molecule has 0 bridgehead atoms. The first-order chi connectivity index (χ1) is 21.5. The van der Waals surface area contributed by atoms with Gasteiger partial charge in [0.25, 0.3) is 0 Å². The molecule has 2 atom stereocenters. The molecule has 0 amide bonds. The molecule has 2 N–H and O–H groups in total. The monoisotopic (exact) mass is 642 g/mol. The van der Waals surface area contributed by atoms with Gasteiger partial charge in [-0.2, -0.15) is 28.2 Å². The van der Waals surface area contributed by atoms with Crippen LogP contribution in [0, 0.1) is 12.3 Å². The summed E-state index contributed by atoms with van der Waals surface area (Å²) in [5, 5.41) is 17.0. The first-order valence-electron chi connectivity index (χ1n) is 14.4. The van der Waals surface area contributed by atoms with Gasteiger partial charge >= 0.3 is 12.1 Å². The average molecular weight is 643 g/mol. The highest BCUT2D eigenvalue weighted by molar-refractivity contribution is 6.30. The maximum absolute atomic E-state index is 14.7. The topological polar surface area (TPSA) is 115 Å². The number of halogens is 4. The third kappa shape index (κ3) is 6.84. The summed E-state index contributed by atoms with van der Waals surface area (Å²) in [6, 6.07) is 15.1. The molecule has 1 spiro atoms. The lowest BCUT2D eigenvalue weighted by molar-refractivity contribution is -0.198. The number of piperidine rings is 1. The van der Waals surface area contributed by atoms with Crippen molar-refractivity contribution < 1.29 is 32.5 Å². The van der Waals surface area contributed by atoms with Crippen LogP contribution in [0.5, 0.6) is 17.5 Å². The van der Waals surface area contributed by atoms with Crippen LogP contribution in [-0.4, -0.2) is 62.7 Å². The molecule has 10 nitrogen and oxygen atoms in total. The summed E-state index contributed by atoms with van der Waals surface area (Å²) in [6.45, 7) is 3.26. The molecule has 0 radical (unpaired) electrons. The number of para-hydroxylation sites is 1. The Labute approximate surface area is 261 Å². The molecule has 2 saturated heterocycles. The van der Waals surface area contributed by atoms with Crippen LogP contribution in [0.25, 0.3) is 5.69 Å². The van der Waals surface area contributed by atoms with Gasteiger partial charge < -0.3 is 24.8 Å². The lowest BCUT2D eigenvalue weighted by Gasteiger charge is -2.39. The number of nitrogens with zero attached hydrogens (tertiary/aromatic N) is 5. The molecule has 4 heterocycles. The smallest absolute Gasteiger partial charge is 0.429 e. The molecule has 6 rings (SSSR count). The molecule has 14 heteroatoms. The Morgan fingerprint density at radius 3 is 2.47 bits per heavy atom. The number of nitrogens with one attached hydrogen (secondary N) is 1. The van der Waals surface area contributed by atoms with Crippen LogP contribution >= 0.6 is 11.6 Å². The maximum atomic E-state index is 14.7. The number of hydrogen-bond acceptors (Lipinski definition) is 8. The summed E-state index contributed by atoms with van der Waals surface area (Å²) < 4.78 is 57.1. The Bertz CT molecular complexity index is 1680. The molecule has 2 aromatic heterocycles. The minimum absolute atomic E-state index is 0.00918. The van der Waals surface area contributed by atoms with E-state index in [1.807, 2.05) is 11.0 Å². The third-order valence-electron chi connectivity index (χ3n) is 8.18. The number of rotatable bonds is 8. The highest BCUT2D eigenvalue weighted by Crippen LogP contribution is 2.42. The van der Waals surface area contributed by atoms with E-state index in [0.717, 1.165) is 0 Å². The van der Waals surface area contributed by atoms with E-state index in [1.54, 1.807) is 43.5 Å². The Morgan fingerprint density at radius 1 is 1.09 bits per heavy atom. The number of carboxylic acids is 1. The highest BCUT2D eigenvalue weighted by Gasteiger charge is 2.46. The van der Waals surface area contributed by atoms with E-state index in [0.29, 0.717) is 50.3 Å². The van der Waals surface area contributed by atoms with E-state index in [-0.39, 0.29) is 39.4 Å². The summed E-state index contributed by atoms with van der Waals surface area (Å²) in [6.07, 6.45) is -3.89. The standard InChI is InChI=1S/C31H30ClF3N6O4/c1-19-9-12-41(39-19)24-15-20(32)7-8-22(24)27(31(33,34)35)45-26-16-25(44-21-5-3-2-4-6-21)37-29(38-26)40-13-10-30(11-14-40)17-23(28(42)43)36-18-30/h2-9,12,15-16,23,27,36H,10-11,13-14,17-18H2,1H3,(H,42,43)/t23-,27?/m0/s1. The normalized spacial score (nSPS) is 18.6. The number of carbonyl (C=O) groups is 1. The quantitative estimate of drug-likeness (QED) is 0.234. The van der Waals surface area contributed by atoms with E-state index in [4.69, 9.17) is 21.1 Å². The van der Waals surface area contributed by atoms with E-state index in [9.17, 15) is 23.1 Å². The van der Waals surface area contributed by atoms with Gasteiger partial charge in [0.05, 0.1) is 17.4 Å². The average Bonchev–Trinajstić information content (AvgIpc) is 3.63. The fourth-order valence-electron chi connectivity index (χ4n) is 5.82. The summed E-state index contributed by atoms with van der Waals surface area (Å²) in [5.74, 6) is -0.622. The van der Waals surface area contributed by atoms with Crippen LogP contribution in [0.1, 0.15) is 36.6 Å². The molecule has 2 aliphatic heterocycles. The first kappa shape index (κ1) is 30.7. The fourth-order valence-corrected chi connectivity index (χ4v) is 5.99. The van der Waals surface area contributed by atoms with Gasteiger partial charge in [0.1, 0.15) is 11.8 Å². The Hall–Kier alpha value is -4.36. The SMILES string of the molecule is Cc1ccn(-c2cc(Cl)ccc2C(Oc2cc(Oc3ccccc3)nc(N3CCC4(CC3)CN[C@H](C(=O)O)C4)n2)C(F)(F)F)n1. The number of alkyl halides is 3. The molecule has 236 valence electrons. The van der Waals surface area contributed by atoms with Crippen molar-refractivity contribution in [1.29, 1.82) is 0 Å². The van der Waals surface area contributed by atoms with E-state index >= 15 is 0 Å². The molecule has 0 saturated carbocycles. The molecule has 4 aromatic rings. The van der Waals surface area contributed by atoms with E-state index in [2.05, 4.69) is 20.4 Å². The Balaban J connectivity index is 1.33. The van der Waals surface area contributed by atoms with Gasteiger partial charge in [0.2, 0.25) is 23.8 Å². The molecule has 45 heavy (non-hydrogen) atoms. The lowest BCUT2D eigenvalue weighted by Crippen LogP contribution is -2.42. The van der Waals surface area contributed by atoms with Crippen molar-refractivity contribution in [1.82, 2.24) is 25.1 Å². The lowest BCUT2D eigenvalue weighted by atomic mass is 9.76. The number of carboxylic acid groups (broad SMARTS) is 1. The zero-order valence-corrected chi connectivity index (χ0v) is 24.9. The molecular weight excluding hydrogens is 613 g/mol. The second kappa shape index (κ2) is 12.2. The van der Waals surface area contributed by atoms with Crippen molar-refractivity contribution in [2.45, 2.75) is 44.5 Å². The van der Waals surface area contributed by atoms with Gasteiger partial charge in [-0.3, -0.25) is 4.79 Å². The van der Waals surface area contributed by atoms with Crippen molar-refractivity contribution in [3.05, 3.63) is 83.1 Å². The van der Waals surface area contributed by atoms with Gasteiger partial charge in [-0.1, -0.05) is 35.9 Å². The first-order valence-corrected chi connectivity index (χ1v) is 14.7.